The maximum absolute atomic E-state index is 6.26. The molecule has 0 spiro atoms. The van der Waals surface area contributed by atoms with Crippen molar-refractivity contribution in [1.82, 2.24) is 15.0 Å². The van der Waals surface area contributed by atoms with Crippen LogP contribution in [0.4, 0.5) is 11.9 Å². The lowest BCUT2D eigenvalue weighted by molar-refractivity contribution is 0.826. The lowest BCUT2D eigenvalue weighted by atomic mass is 10.4. The molecule has 0 amide bonds. The fourth-order valence-electron chi connectivity index (χ4n) is 1.50. The molecule has 1 heterocycles. The fraction of sp³-hybridized carbons (Fsp3) is 0.727. The highest BCUT2D eigenvalue weighted by molar-refractivity contribution is 7.98. The number of rotatable bonds is 6. The first-order valence-corrected chi connectivity index (χ1v) is 8.10. The van der Waals surface area contributed by atoms with Crippen LogP contribution in [0.25, 0.3) is 0 Å². The highest BCUT2D eigenvalue weighted by Gasteiger charge is 2.51. The molecule has 1 aliphatic carbocycles. The normalized spacial score (nSPS) is 25.5. The molecule has 2 unspecified atom stereocenters. The molecule has 1 aromatic heterocycles. The number of nitrogens with one attached hydrogen (secondary N) is 2. The minimum absolute atomic E-state index is 0.0248. The van der Waals surface area contributed by atoms with E-state index >= 15 is 0 Å². The summed E-state index contributed by atoms with van der Waals surface area (Å²) in [5.74, 6) is 1.09. The zero-order valence-corrected chi connectivity index (χ0v) is 13.4. The van der Waals surface area contributed by atoms with Crippen LogP contribution >= 0.6 is 35.0 Å². The second-order valence-corrected chi connectivity index (χ2v) is 6.88. The number of hydrogen-bond donors (Lipinski definition) is 2. The van der Waals surface area contributed by atoms with Gasteiger partial charge >= 0.3 is 0 Å². The summed E-state index contributed by atoms with van der Waals surface area (Å²) in [7, 11) is 0. The standard InChI is InChI=1S/C11H17Cl2N5S/c1-6(2)15-9-16-8(17-10(18-9)19-3)14-5-11(13)4-7(11)12/h6-7H,4-5H2,1-3H3,(H2,14,15,16,17,18). The van der Waals surface area contributed by atoms with Gasteiger partial charge in [-0.15, -0.1) is 23.2 Å². The molecule has 1 saturated carbocycles. The Morgan fingerprint density at radius 1 is 1.37 bits per heavy atom. The van der Waals surface area contributed by atoms with Crippen molar-refractivity contribution in [2.75, 3.05) is 23.4 Å². The van der Waals surface area contributed by atoms with Crippen molar-refractivity contribution in [2.24, 2.45) is 0 Å². The molecule has 8 heteroatoms. The summed E-state index contributed by atoms with van der Waals surface area (Å²) < 4.78 is 0. The van der Waals surface area contributed by atoms with Crippen molar-refractivity contribution in [3.8, 4) is 0 Å². The van der Waals surface area contributed by atoms with Crippen LogP contribution in [0.3, 0.4) is 0 Å². The zero-order chi connectivity index (χ0) is 14.0. The summed E-state index contributed by atoms with van der Waals surface area (Å²) in [5, 5.41) is 6.99. The maximum atomic E-state index is 6.26. The van der Waals surface area contributed by atoms with Crippen molar-refractivity contribution in [3.63, 3.8) is 0 Å². The largest absolute Gasteiger partial charge is 0.352 e. The molecular weight excluding hydrogens is 305 g/mol. The second kappa shape index (κ2) is 5.89. The van der Waals surface area contributed by atoms with E-state index in [4.69, 9.17) is 23.2 Å². The van der Waals surface area contributed by atoms with Crippen LogP contribution in [0, 0.1) is 0 Å². The summed E-state index contributed by atoms with van der Waals surface area (Å²) in [5.41, 5.74) is 0. The number of anilines is 2. The molecule has 1 fully saturated rings. The summed E-state index contributed by atoms with van der Waals surface area (Å²) in [6.45, 7) is 4.62. The Hall–Kier alpha value is -0.460. The summed E-state index contributed by atoms with van der Waals surface area (Å²) >= 11 is 13.7. The predicted octanol–water partition coefficient (Wildman–Crippen LogP) is 2.81. The Morgan fingerprint density at radius 2 is 2.00 bits per heavy atom. The average molecular weight is 322 g/mol. The molecule has 0 bridgehead atoms. The van der Waals surface area contributed by atoms with Crippen molar-refractivity contribution in [3.05, 3.63) is 0 Å². The molecule has 0 aliphatic heterocycles. The first kappa shape index (κ1) is 14.9. The number of alkyl halides is 2. The quantitative estimate of drug-likeness (QED) is 0.620. The Kier molecular flexibility index (Phi) is 4.63. The van der Waals surface area contributed by atoms with Gasteiger partial charge in [0.15, 0.2) is 5.16 Å². The topological polar surface area (TPSA) is 62.7 Å². The molecule has 0 saturated heterocycles. The van der Waals surface area contributed by atoms with Crippen LogP contribution < -0.4 is 10.6 Å². The number of thioether (sulfide) groups is 1. The van der Waals surface area contributed by atoms with E-state index < -0.39 is 0 Å². The lowest BCUT2D eigenvalue weighted by Gasteiger charge is -2.12. The van der Waals surface area contributed by atoms with Gasteiger partial charge in [-0.05, 0) is 26.5 Å². The van der Waals surface area contributed by atoms with Crippen LogP contribution in [0.15, 0.2) is 5.16 Å². The molecule has 2 rings (SSSR count). The van der Waals surface area contributed by atoms with Crippen molar-refractivity contribution in [1.29, 1.82) is 0 Å². The molecule has 106 valence electrons. The van der Waals surface area contributed by atoms with E-state index in [0.717, 1.165) is 6.42 Å². The summed E-state index contributed by atoms with van der Waals surface area (Å²) in [6.07, 6.45) is 2.73. The maximum Gasteiger partial charge on any atom is 0.228 e. The van der Waals surface area contributed by atoms with Crippen LogP contribution in [-0.2, 0) is 0 Å². The second-order valence-electron chi connectivity index (χ2n) is 4.83. The van der Waals surface area contributed by atoms with E-state index in [2.05, 4.69) is 25.6 Å². The van der Waals surface area contributed by atoms with Gasteiger partial charge in [0.05, 0.1) is 10.3 Å². The van der Waals surface area contributed by atoms with E-state index in [-0.39, 0.29) is 16.3 Å². The molecule has 1 aromatic rings. The molecule has 19 heavy (non-hydrogen) atoms. The number of nitrogens with zero attached hydrogens (tertiary/aromatic N) is 3. The first-order valence-electron chi connectivity index (χ1n) is 6.06. The monoisotopic (exact) mass is 321 g/mol. The van der Waals surface area contributed by atoms with Gasteiger partial charge in [0.2, 0.25) is 11.9 Å². The minimum atomic E-state index is -0.362. The third-order valence-electron chi connectivity index (χ3n) is 2.68. The third-order valence-corrected chi connectivity index (χ3v) is 4.46. The molecular formula is C11H17Cl2N5S. The molecule has 2 atom stereocenters. The van der Waals surface area contributed by atoms with E-state index in [1.54, 1.807) is 0 Å². The van der Waals surface area contributed by atoms with Gasteiger partial charge in [-0.3, -0.25) is 0 Å². The van der Waals surface area contributed by atoms with E-state index in [9.17, 15) is 0 Å². The van der Waals surface area contributed by atoms with Gasteiger partial charge in [-0.2, -0.15) is 15.0 Å². The highest BCUT2D eigenvalue weighted by Crippen LogP contribution is 2.47. The van der Waals surface area contributed by atoms with Gasteiger partial charge < -0.3 is 10.6 Å². The molecule has 0 radical (unpaired) electrons. The molecule has 5 nitrogen and oxygen atoms in total. The van der Waals surface area contributed by atoms with Crippen molar-refractivity contribution >= 4 is 46.9 Å². The Bertz CT molecular complexity index is 459. The molecule has 2 N–H and O–H groups in total. The summed E-state index contributed by atoms with van der Waals surface area (Å²) in [4.78, 5) is 12.6. The van der Waals surface area contributed by atoms with Gasteiger partial charge in [0.1, 0.15) is 0 Å². The number of halogens is 2. The fourth-order valence-corrected chi connectivity index (χ4v) is 2.51. The SMILES string of the molecule is CSc1nc(NCC2(Cl)CC2Cl)nc(NC(C)C)n1. The number of hydrogen-bond acceptors (Lipinski definition) is 6. The van der Waals surface area contributed by atoms with E-state index in [0.29, 0.717) is 23.6 Å². The highest BCUT2D eigenvalue weighted by atomic mass is 35.5. The van der Waals surface area contributed by atoms with Crippen LogP contribution in [0.5, 0.6) is 0 Å². The third kappa shape index (κ3) is 4.00. The van der Waals surface area contributed by atoms with Crippen LogP contribution in [-0.4, -0.2) is 44.0 Å². The van der Waals surface area contributed by atoms with Gasteiger partial charge in [0.25, 0.3) is 0 Å². The van der Waals surface area contributed by atoms with Gasteiger partial charge in [-0.1, -0.05) is 11.8 Å². The number of aromatic nitrogens is 3. The lowest BCUT2D eigenvalue weighted by Crippen LogP contribution is -2.21. The van der Waals surface area contributed by atoms with Crippen molar-refractivity contribution < 1.29 is 0 Å². The molecule has 0 aromatic carbocycles. The molecule has 1 aliphatic rings. The van der Waals surface area contributed by atoms with Crippen LogP contribution in [0.1, 0.15) is 20.3 Å². The van der Waals surface area contributed by atoms with E-state index in [1.165, 1.54) is 11.8 Å². The summed E-state index contributed by atoms with van der Waals surface area (Å²) in [6, 6.07) is 0.264. The smallest absolute Gasteiger partial charge is 0.228 e. The Labute approximate surface area is 127 Å². The average Bonchev–Trinajstić information content (AvgIpc) is 2.94. The predicted molar refractivity (Wildman–Crippen MR) is 81.7 cm³/mol. The van der Waals surface area contributed by atoms with Gasteiger partial charge in [-0.25, -0.2) is 0 Å². The van der Waals surface area contributed by atoms with E-state index in [1.807, 2.05) is 20.1 Å². The zero-order valence-electron chi connectivity index (χ0n) is 11.1. The minimum Gasteiger partial charge on any atom is -0.352 e. The van der Waals surface area contributed by atoms with Crippen molar-refractivity contribution in [2.45, 2.75) is 41.7 Å². The Morgan fingerprint density at radius 3 is 2.53 bits per heavy atom. The first-order chi connectivity index (χ1) is 8.93. The van der Waals surface area contributed by atoms with Crippen LogP contribution in [0.2, 0.25) is 0 Å². The van der Waals surface area contributed by atoms with Gasteiger partial charge in [0, 0.05) is 12.6 Å². The Balaban J connectivity index is 2.06.